The van der Waals surface area contributed by atoms with E-state index in [0.717, 1.165) is 36.8 Å². The molecule has 0 radical (unpaired) electrons. The quantitative estimate of drug-likeness (QED) is 0.366. The van der Waals surface area contributed by atoms with E-state index in [1.807, 2.05) is 37.3 Å². The van der Waals surface area contributed by atoms with Crippen molar-refractivity contribution >= 4 is 34.1 Å². The van der Waals surface area contributed by atoms with Gasteiger partial charge in [0, 0.05) is 22.7 Å². The molecule has 0 fully saturated rings. The molecule has 1 amide bonds. The molecule has 184 valence electrons. The lowest BCUT2D eigenvalue weighted by atomic mass is 9.95. The highest BCUT2D eigenvalue weighted by atomic mass is 32.1. The molecule has 4 rings (SSSR count). The van der Waals surface area contributed by atoms with Gasteiger partial charge in [-0.2, -0.15) is 0 Å². The topological polar surface area (TPSA) is 78.4 Å². The zero-order valence-corrected chi connectivity index (χ0v) is 21.3. The summed E-state index contributed by atoms with van der Waals surface area (Å²) in [6, 6.07) is 11.0. The highest BCUT2D eigenvalue weighted by molar-refractivity contribution is 7.16. The van der Waals surface area contributed by atoms with Crippen molar-refractivity contribution in [3.05, 3.63) is 58.0 Å². The standard InChI is InChI=1S/C27H30N2O5S/c1-5-34-20-12-8-7-11-19(20)29-26(30)25-18-10-6-9-13-24(18)35-27(25)28-16-17-14-22(32-3)23(33-4)15-21(17)31-2/h7-8,11-12,14-16H,5-6,9-10,13H2,1-4H3,(H,29,30)/b28-16+. The summed E-state index contributed by atoms with van der Waals surface area (Å²) in [7, 11) is 4.76. The number of anilines is 1. The predicted octanol–water partition coefficient (Wildman–Crippen LogP) is 6.05. The van der Waals surface area contributed by atoms with Gasteiger partial charge in [0.2, 0.25) is 0 Å². The summed E-state index contributed by atoms with van der Waals surface area (Å²) in [5.41, 5.74) is 3.10. The Morgan fingerprint density at radius 3 is 2.46 bits per heavy atom. The maximum absolute atomic E-state index is 13.5. The number of amides is 1. The van der Waals surface area contributed by atoms with Gasteiger partial charge < -0.3 is 24.3 Å². The number of carbonyl (C=O) groups excluding carboxylic acids is 1. The fourth-order valence-corrected chi connectivity index (χ4v) is 5.43. The van der Waals surface area contributed by atoms with Crippen LogP contribution in [0.2, 0.25) is 0 Å². The number of aliphatic imine (C=N–C) groups is 1. The van der Waals surface area contributed by atoms with Crippen LogP contribution in [0.1, 0.15) is 46.1 Å². The first-order chi connectivity index (χ1) is 17.1. The molecular weight excluding hydrogens is 464 g/mol. The summed E-state index contributed by atoms with van der Waals surface area (Å²) in [5.74, 6) is 2.21. The smallest absolute Gasteiger partial charge is 0.259 e. The number of nitrogens with one attached hydrogen (secondary N) is 1. The Morgan fingerprint density at radius 1 is 1.00 bits per heavy atom. The molecule has 1 aromatic heterocycles. The lowest BCUT2D eigenvalue weighted by Gasteiger charge is -2.14. The lowest BCUT2D eigenvalue weighted by molar-refractivity contribution is 0.102. The third kappa shape index (κ3) is 5.27. The van der Waals surface area contributed by atoms with E-state index in [1.165, 1.54) is 4.88 Å². The number of rotatable bonds is 9. The van der Waals surface area contributed by atoms with Gasteiger partial charge in [-0.3, -0.25) is 4.79 Å². The fourth-order valence-electron chi connectivity index (χ4n) is 4.19. The van der Waals surface area contributed by atoms with Crippen molar-refractivity contribution in [2.24, 2.45) is 4.99 Å². The number of nitrogens with zero attached hydrogens (tertiary/aromatic N) is 1. The van der Waals surface area contributed by atoms with Crippen molar-refractivity contribution in [2.75, 3.05) is 33.3 Å². The lowest BCUT2D eigenvalue weighted by Crippen LogP contribution is -2.15. The summed E-state index contributed by atoms with van der Waals surface area (Å²) in [5, 5.41) is 3.73. The van der Waals surface area contributed by atoms with Crippen LogP contribution in [-0.2, 0) is 12.8 Å². The monoisotopic (exact) mass is 494 g/mol. The van der Waals surface area contributed by atoms with Gasteiger partial charge in [-0.25, -0.2) is 4.99 Å². The Labute approximate surface area is 209 Å². The van der Waals surface area contributed by atoms with E-state index in [-0.39, 0.29) is 5.91 Å². The molecular formula is C27H30N2O5S. The SMILES string of the molecule is CCOc1ccccc1NC(=O)c1c(/N=C/c2cc(OC)c(OC)cc2OC)sc2c1CCCC2. The van der Waals surface area contributed by atoms with E-state index in [1.54, 1.807) is 44.9 Å². The zero-order chi connectivity index (χ0) is 24.8. The molecule has 0 saturated heterocycles. The molecule has 35 heavy (non-hydrogen) atoms. The number of ether oxygens (including phenoxy) is 4. The average molecular weight is 495 g/mol. The van der Waals surface area contributed by atoms with Gasteiger partial charge >= 0.3 is 0 Å². The van der Waals surface area contributed by atoms with Gasteiger partial charge in [0.15, 0.2) is 11.5 Å². The van der Waals surface area contributed by atoms with Crippen molar-refractivity contribution in [3.8, 4) is 23.0 Å². The van der Waals surface area contributed by atoms with Crippen molar-refractivity contribution in [3.63, 3.8) is 0 Å². The number of methoxy groups -OCH3 is 3. The maximum atomic E-state index is 13.5. The first-order valence-electron chi connectivity index (χ1n) is 11.6. The molecule has 1 aliphatic carbocycles. The molecule has 2 aromatic carbocycles. The van der Waals surface area contributed by atoms with Crippen molar-refractivity contribution in [1.82, 2.24) is 0 Å². The second kappa shape index (κ2) is 11.3. The Bertz CT molecular complexity index is 1230. The number of fused-ring (bicyclic) bond motifs is 1. The molecule has 0 spiro atoms. The van der Waals surface area contributed by atoms with Crippen LogP contribution in [0, 0.1) is 0 Å². The first kappa shape index (κ1) is 24.6. The van der Waals surface area contributed by atoms with Crippen LogP contribution in [-0.4, -0.2) is 40.1 Å². The van der Waals surface area contributed by atoms with Gasteiger partial charge in [0.25, 0.3) is 5.91 Å². The Hall–Kier alpha value is -3.52. The minimum absolute atomic E-state index is 0.178. The Morgan fingerprint density at radius 2 is 1.71 bits per heavy atom. The third-order valence-electron chi connectivity index (χ3n) is 5.87. The van der Waals surface area contributed by atoms with Gasteiger partial charge in [-0.1, -0.05) is 12.1 Å². The summed E-state index contributed by atoms with van der Waals surface area (Å²) in [6.45, 7) is 2.44. The van der Waals surface area contributed by atoms with E-state index < -0.39 is 0 Å². The third-order valence-corrected chi connectivity index (χ3v) is 7.07. The van der Waals surface area contributed by atoms with Crippen molar-refractivity contribution < 1.29 is 23.7 Å². The average Bonchev–Trinajstić information content (AvgIpc) is 3.26. The number of benzene rings is 2. The van der Waals surface area contributed by atoms with E-state index in [9.17, 15) is 4.79 Å². The normalized spacial score (nSPS) is 12.8. The summed E-state index contributed by atoms with van der Waals surface area (Å²) in [4.78, 5) is 19.5. The van der Waals surface area contributed by atoms with Crippen molar-refractivity contribution in [1.29, 1.82) is 0 Å². The molecule has 3 aromatic rings. The summed E-state index contributed by atoms with van der Waals surface area (Å²) >= 11 is 1.58. The van der Waals surface area contributed by atoms with Gasteiger partial charge in [-0.15, -0.1) is 11.3 Å². The maximum Gasteiger partial charge on any atom is 0.259 e. The number of thiophene rings is 1. The van der Waals surface area contributed by atoms with E-state index >= 15 is 0 Å². The number of hydrogen-bond acceptors (Lipinski definition) is 7. The summed E-state index contributed by atoms with van der Waals surface area (Å²) in [6.07, 6.45) is 5.73. The predicted molar refractivity (Wildman–Crippen MR) is 140 cm³/mol. The molecule has 0 atom stereocenters. The van der Waals surface area contributed by atoms with Crippen LogP contribution >= 0.6 is 11.3 Å². The Kier molecular flexibility index (Phi) is 7.92. The van der Waals surface area contributed by atoms with E-state index in [4.69, 9.17) is 23.9 Å². The zero-order valence-electron chi connectivity index (χ0n) is 20.5. The van der Waals surface area contributed by atoms with Gasteiger partial charge in [0.05, 0.1) is 39.2 Å². The number of para-hydroxylation sites is 2. The molecule has 0 bridgehead atoms. The molecule has 0 aliphatic heterocycles. The molecule has 0 saturated carbocycles. The second-order valence-corrected chi connectivity index (χ2v) is 9.07. The summed E-state index contributed by atoms with van der Waals surface area (Å²) < 4.78 is 22.0. The molecule has 1 aliphatic rings. The molecule has 0 unspecified atom stereocenters. The van der Waals surface area contributed by atoms with Gasteiger partial charge in [-0.05, 0) is 56.4 Å². The number of carbonyl (C=O) groups is 1. The minimum atomic E-state index is -0.178. The van der Waals surface area contributed by atoms with Crippen LogP contribution in [0.4, 0.5) is 10.7 Å². The molecule has 8 heteroatoms. The van der Waals surface area contributed by atoms with Gasteiger partial charge in [0.1, 0.15) is 16.5 Å². The molecule has 7 nitrogen and oxygen atoms in total. The number of hydrogen-bond donors (Lipinski definition) is 1. The van der Waals surface area contributed by atoms with E-state index in [2.05, 4.69) is 5.32 Å². The highest BCUT2D eigenvalue weighted by Gasteiger charge is 2.26. The first-order valence-corrected chi connectivity index (χ1v) is 12.4. The van der Waals surface area contributed by atoms with Crippen molar-refractivity contribution in [2.45, 2.75) is 32.6 Å². The molecule has 1 heterocycles. The Balaban J connectivity index is 1.72. The van der Waals surface area contributed by atoms with Crippen LogP contribution in [0.5, 0.6) is 23.0 Å². The van der Waals surface area contributed by atoms with E-state index in [0.29, 0.717) is 45.9 Å². The minimum Gasteiger partial charge on any atom is -0.496 e. The van der Waals surface area contributed by atoms with Crippen LogP contribution in [0.3, 0.4) is 0 Å². The van der Waals surface area contributed by atoms with Crippen LogP contribution in [0.15, 0.2) is 41.4 Å². The largest absolute Gasteiger partial charge is 0.496 e. The highest BCUT2D eigenvalue weighted by Crippen LogP contribution is 2.41. The fraction of sp³-hybridized carbons (Fsp3) is 0.333. The van der Waals surface area contributed by atoms with Crippen LogP contribution in [0.25, 0.3) is 0 Å². The molecule has 1 N–H and O–H groups in total. The number of aryl methyl sites for hydroxylation is 1. The van der Waals surface area contributed by atoms with Crippen LogP contribution < -0.4 is 24.3 Å². The second-order valence-electron chi connectivity index (χ2n) is 7.98.